The van der Waals surface area contributed by atoms with Gasteiger partial charge in [-0.2, -0.15) is 13.2 Å². The number of carboxylic acids is 1. The highest BCUT2D eigenvalue weighted by Gasteiger charge is 2.35. The van der Waals surface area contributed by atoms with Crippen LogP contribution in [0.15, 0.2) is 60.7 Å². The number of hydrogen-bond donors (Lipinski definition) is 1. The largest absolute Gasteiger partial charge is 0.493 e. The highest BCUT2D eigenvalue weighted by atomic mass is 19.4. The van der Waals surface area contributed by atoms with Crippen LogP contribution >= 0.6 is 0 Å². The van der Waals surface area contributed by atoms with Crippen molar-refractivity contribution in [2.24, 2.45) is 0 Å². The van der Waals surface area contributed by atoms with Gasteiger partial charge in [0, 0.05) is 18.5 Å². The Balaban J connectivity index is 1.74. The first-order valence-electron chi connectivity index (χ1n) is 13.4. The van der Waals surface area contributed by atoms with Gasteiger partial charge in [-0.25, -0.2) is 0 Å². The zero-order valence-corrected chi connectivity index (χ0v) is 22.4. The molecule has 1 atom stereocenters. The van der Waals surface area contributed by atoms with Crippen LogP contribution in [0, 0.1) is 6.92 Å². The molecule has 1 aliphatic heterocycles. The Morgan fingerprint density at radius 3 is 2.50 bits per heavy atom. The number of carbonyl (C=O) groups is 1. The molecule has 8 heteroatoms. The summed E-state index contributed by atoms with van der Waals surface area (Å²) in [5.41, 5.74) is 3.02. The molecule has 4 rings (SSSR count). The summed E-state index contributed by atoms with van der Waals surface area (Å²) in [6, 6.07) is 17.0. The van der Waals surface area contributed by atoms with Gasteiger partial charge < -0.3 is 9.84 Å². The average Bonchev–Trinajstić information content (AvgIpc) is 2.93. The summed E-state index contributed by atoms with van der Waals surface area (Å²) in [6.45, 7) is 1.76. The van der Waals surface area contributed by atoms with Crippen LogP contribution in [-0.2, 0) is 17.5 Å². The monoisotopic (exact) mass is 555 g/mol. The molecule has 3 aromatic carbocycles. The zero-order valence-electron chi connectivity index (χ0n) is 22.4. The summed E-state index contributed by atoms with van der Waals surface area (Å²) >= 11 is 0. The van der Waals surface area contributed by atoms with E-state index < -0.39 is 30.4 Å². The number of aliphatic carboxylic acids is 1. The lowest BCUT2D eigenvalue weighted by molar-refractivity contribution is -0.145. The summed E-state index contributed by atoms with van der Waals surface area (Å²) in [5.74, 6) is -0.797. The quantitative estimate of drug-likeness (QED) is 0.156. The molecule has 40 heavy (non-hydrogen) atoms. The summed E-state index contributed by atoms with van der Waals surface area (Å²) in [6.07, 6.45) is 0.461. The van der Waals surface area contributed by atoms with Gasteiger partial charge in [0.15, 0.2) is 0 Å². The molecule has 1 N–H and O–H groups in total. The van der Waals surface area contributed by atoms with Crippen molar-refractivity contribution in [3.05, 3.63) is 88.5 Å². The highest BCUT2D eigenvalue weighted by Crippen LogP contribution is 2.38. The van der Waals surface area contributed by atoms with E-state index >= 15 is 0 Å². The van der Waals surface area contributed by atoms with Crippen LogP contribution in [0.25, 0.3) is 23.3 Å². The molecule has 0 aliphatic carbocycles. The minimum absolute atomic E-state index is 0.00138. The Bertz CT molecular complexity index is 1340. The molecule has 212 valence electrons. The van der Waals surface area contributed by atoms with Gasteiger partial charge in [0.1, 0.15) is 11.8 Å². The minimum Gasteiger partial charge on any atom is -0.493 e. The number of halogens is 4. The van der Waals surface area contributed by atoms with E-state index in [1.807, 2.05) is 55.5 Å². The van der Waals surface area contributed by atoms with Crippen LogP contribution in [0.2, 0.25) is 0 Å². The molecule has 0 saturated carbocycles. The first kappa shape index (κ1) is 29.3. The van der Waals surface area contributed by atoms with Crippen molar-refractivity contribution in [3.63, 3.8) is 0 Å². The molecule has 1 fully saturated rings. The summed E-state index contributed by atoms with van der Waals surface area (Å²) in [4.78, 5) is 13.5. The maximum absolute atomic E-state index is 14.3. The number of carboxylic acid groups (broad SMARTS) is 1. The fraction of sp³-hybridized carbons (Fsp3) is 0.344. The number of likely N-dealkylation sites (tertiary alicyclic amines) is 1. The molecule has 1 saturated heterocycles. The number of rotatable bonds is 10. The van der Waals surface area contributed by atoms with Crippen LogP contribution in [-0.4, -0.2) is 41.8 Å². The van der Waals surface area contributed by atoms with E-state index in [4.69, 9.17) is 4.74 Å². The molecule has 0 spiro atoms. The van der Waals surface area contributed by atoms with Gasteiger partial charge in [-0.1, -0.05) is 67.1 Å². The third-order valence-corrected chi connectivity index (χ3v) is 7.25. The molecule has 0 bridgehead atoms. The van der Waals surface area contributed by atoms with Crippen molar-refractivity contribution in [2.45, 2.75) is 51.4 Å². The van der Waals surface area contributed by atoms with Crippen molar-refractivity contribution < 1.29 is 32.2 Å². The van der Waals surface area contributed by atoms with Gasteiger partial charge >= 0.3 is 12.1 Å². The van der Waals surface area contributed by atoms with Crippen LogP contribution < -0.4 is 4.74 Å². The Hall–Kier alpha value is -3.65. The number of hydrogen-bond acceptors (Lipinski definition) is 3. The summed E-state index contributed by atoms with van der Waals surface area (Å²) in [7, 11) is 0. The zero-order chi connectivity index (χ0) is 28.7. The molecule has 1 heterocycles. The minimum atomic E-state index is -4.65. The second kappa shape index (κ2) is 13.1. The van der Waals surface area contributed by atoms with E-state index in [0.717, 1.165) is 41.2 Å². The maximum atomic E-state index is 14.3. The van der Waals surface area contributed by atoms with Crippen molar-refractivity contribution in [1.29, 1.82) is 0 Å². The second-order valence-corrected chi connectivity index (χ2v) is 9.98. The molecular formula is C32H33F4NO3. The lowest BCUT2D eigenvalue weighted by Crippen LogP contribution is -2.44. The summed E-state index contributed by atoms with van der Waals surface area (Å²) < 4.78 is 61.5. The Morgan fingerprint density at radius 2 is 1.80 bits per heavy atom. The number of piperidine rings is 1. The van der Waals surface area contributed by atoms with Gasteiger partial charge in [-0.05, 0) is 66.3 Å². The third kappa shape index (κ3) is 7.10. The van der Waals surface area contributed by atoms with E-state index in [0.29, 0.717) is 13.0 Å². The van der Waals surface area contributed by atoms with Crippen LogP contribution in [0.1, 0.15) is 53.5 Å². The van der Waals surface area contributed by atoms with E-state index in [-0.39, 0.29) is 36.4 Å². The average molecular weight is 556 g/mol. The van der Waals surface area contributed by atoms with E-state index in [2.05, 4.69) is 0 Å². The van der Waals surface area contributed by atoms with Crippen molar-refractivity contribution in [3.8, 4) is 16.9 Å². The molecule has 3 aromatic rings. The lowest BCUT2D eigenvalue weighted by atomic mass is 9.95. The fourth-order valence-corrected chi connectivity index (χ4v) is 5.14. The van der Waals surface area contributed by atoms with Gasteiger partial charge in [0.05, 0.1) is 18.8 Å². The van der Waals surface area contributed by atoms with Crippen molar-refractivity contribution >= 4 is 18.1 Å². The van der Waals surface area contributed by atoms with Crippen LogP contribution in [0.3, 0.4) is 0 Å². The van der Waals surface area contributed by atoms with Gasteiger partial charge in [-0.15, -0.1) is 0 Å². The first-order chi connectivity index (χ1) is 19.2. The fourth-order valence-electron chi connectivity index (χ4n) is 5.14. The molecule has 1 unspecified atom stereocenters. The summed E-state index contributed by atoms with van der Waals surface area (Å²) in [5, 5.41) is 9.65. The van der Waals surface area contributed by atoms with Crippen molar-refractivity contribution in [1.82, 2.24) is 4.90 Å². The Kier molecular flexibility index (Phi) is 9.63. The van der Waals surface area contributed by atoms with Crippen molar-refractivity contribution in [2.75, 3.05) is 19.8 Å². The predicted octanol–water partition coefficient (Wildman–Crippen LogP) is 8.03. The topological polar surface area (TPSA) is 49.8 Å². The number of benzene rings is 3. The van der Waals surface area contributed by atoms with Crippen LogP contribution in [0.4, 0.5) is 17.6 Å². The second-order valence-electron chi connectivity index (χ2n) is 9.98. The lowest BCUT2D eigenvalue weighted by Gasteiger charge is -2.33. The Morgan fingerprint density at radius 1 is 1.05 bits per heavy atom. The smallest absolute Gasteiger partial charge is 0.417 e. The first-order valence-corrected chi connectivity index (χ1v) is 13.4. The molecule has 4 nitrogen and oxygen atoms in total. The normalized spacial score (nSPS) is 16.4. The molecule has 0 radical (unpaired) electrons. The molecule has 0 amide bonds. The van der Waals surface area contributed by atoms with Gasteiger partial charge in [0.2, 0.25) is 0 Å². The van der Waals surface area contributed by atoms with E-state index in [1.54, 1.807) is 11.0 Å². The van der Waals surface area contributed by atoms with E-state index in [1.165, 1.54) is 12.1 Å². The standard InChI is InChI=1S/C32H33F4NO3/c1-22-23(11-7-12-27(22)24-9-3-2-4-10-24)14-15-25-20-30(40-18-8-16-33)26(19-28(25)32(34,35)36)21-37-17-6-5-13-29(37)31(38)39/h2-4,7,9-12,14-15,19-20,29H,5-6,8,13,16-18,21H2,1H3,(H,38,39)/b15-14+. The predicted molar refractivity (Wildman–Crippen MR) is 149 cm³/mol. The SMILES string of the molecule is Cc1c(/C=C/c2cc(OCCCF)c(CN3CCCCC3C(=O)O)cc2C(F)(F)F)cccc1-c1ccccc1. The molecular weight excluding hydrogens is 522 g/mol. The number of nitrogens with zero attached hydrogens (tertiary/aromatic N) is 1. The Labute approximate surface area is 231 Å². The molecule has 0 aromatic heterocycles. The van der Waals surface area contributed by atoms with Crippen LogP contribution in [0.5, 0.6) is 5.75 Å². The maximum Gasteiger partial charge on any atom is 0.417 e. The van der Waals surface area contributed by atoms with Gasteiger partial charge in [0.25, 0.3) is 0 Å². The highest BCUT2D eigenvalue weighted by molar-refractivity contribution is 5.78. The third-order valence-electron chi connectivity index (χ3n) is 7.25. The van der Waals surface area contributed by atoms with E-state index in [9.17, 15) is 27.5 Å². The number of ether oxygens (including phenoxy) is 1. The van der Waals surface area contributed by atoms with Gasteiger partial charge in [-0.3, -0.25) is 14.1 Å². The number of alkyl halides is 4. The molecule has 1 aliphatic rings.